The van der Waals surface area contributed by atoms with Crippen molar-refractivity contribution in [1.82, 2.24) is 34.3 Å². The second kappa shape index (κ2) is 5.15. The van der Waals surface area contributed by atoms with E-state index >= 15 is 0 Å². The molecule has 8 nitrogen and oxygen atoms in total. The largest absolute Gasteiger partial charge is 0.356 e. The topological polar surface area (TPSA) is 77.0 Å². The summed E-state index contributed by atoms with van der Waals surface area (Å²) in [6.45, 7) is 8.80. The van der Waals surface area contributed by atoms with Gasteiger partial charge in [-0.2, -0.15) is 24.7 Å². The fraction of sp³-hybridized carbons (Fsp3) is 0.400. The molecule has 23 heavy (non-hydrogen) atoms. The van der Waals surface area contributed by atoms with E-state index in [4.69, 9.17) is 0 Å². The molecule has 118 valence electrons. The molecule has 0 radical (unpaired) electrons. The first-order chi connectivity index (χ1) is 11.3. The van der Waals surface area contributed by atoms with Crippen molar-refractivity contribution in [2.24, 2.45) is 0 Å². The molecule has 8 heteroatoms. The molecule has 0 N–H and O–H groups in total. The molecule has 0 aliphatic heterocycles. The van der Waals surface area contributed by atoms with Crippen molar-refractivity contribution in [2.45, 2.75) is 27.3 Å². The van der Waals surface area contributed by atoms with Crippen molar-refractivity contribution in [3.8, 4) is 0 Å². The molecule has 0 aromatic carbocycles. The van der Waals surface area contributed by atoms with Crippen molar-refractivity contribution in [3.63, 3.8) is 0 Å². The molecule has 4 aromatic heterocycles. The summed E-state index contributed by atoms with van der Waals surface area (Å²) in [6, 6.07) is 0. The summed E-state index contributed by atoms with van der Waals surface area (Å²) in [5, 5.41) is 10.7. The lowest BCUT2D eigenvalue weighted by Crippen LogP contribution is -2.23. The van der Waals surface area contributed by atoms with E-state index in [1.54, 1.807) is 4.52 Å². The average molecular weight is 310 g/mol. The SMILES string of the molecule is CCN(CC)c1nc2ncnn2c2c1cnc1c2cnn1CC. The van der Waals surface area contributed by atoms with Crippen molar-refractivity contribution in [3.05, 3.63) is 18.7 Å². The molecule has 4 rings (SSSR count). The van der Waals surface area contributed by atoms with E-state index in [-0.39, 0.29) is 0 Å². The fourth-order valence-corrected chi connectivity index (χ4v) is 3.03. The van der Waals surface area contributed by atoms with Gasteiger partial charge in [-0.05, 0) is 20.8 Å². The smallest absolute Gasteiger partial charge is 0.254 e. The third kappa shape index (κ3) is 1.87. The van der Waals surface area contributed by atoms with Gasteiger partial charge in [0.1, 0.15) is 12.1 Å². The standard InChI is InChI=1S/C15H18N8/c1-4-21(5-2)14-10-7-16-13-11(8-18-22(13)6-3)12(10)23-15(20-14)17-9-19-23/h7-9H,4-6H2,1-3H3. The van der Waals surface area contributed by atoms with Gasteiger partial charge in [-0.15, -0.1) is 0 Å². The normalized spacial score (nSPS) is 11.8. The zero-order valence-electron chi connectivity index (χ0n) is 13.4. The molecule has 0 atom stereocenters. The number of rotatable bonds is 4. The van der Waals surface area contributed by atoms with Crippen LogP contribution in [0.25, 0.3) is 27.7 Å². The molecule has 4 aromatic rings. The Morgan fingerprint density at radius 2 is 1.83 bits per heavy atom. The van der Waals surface area contributed by atoms with Crippen LogP contribution in [-0.4, -0.2) is 47.4 Å². The van der Waals surface area contributed by atoms with Gasteiger partial charge in [0.2, 0.25) is 0 Å². The van der Waals surface area contributed by atoms with Crippen molar-refractivity contribution >= 4 is 33.5 Å². The van der Waals surface area contributed by atoms with E-state index in [2.05, 4.69) is 50.8 Å². The Labute approximate surface area is 132 Å². The molecule has 0 unspecified atom stereocenters. The number of fused-ring (bicyclic) bond motifs is 5. The first-order valence-electron chi connectivity index (χ1n) is 7.87. The predicted molar refractivity (Wildman–Crippen MR) is 88.6 cm³/mol. The Balaban J connectivity index is 2.19. The molecule has 0 spiro atoms. The Morgan fingerprint density at radius 3 is 2.57 bits per heavy atom. The Bertz CT molecular complexity index is 995. The third-order valence-corrected chi connectivity index (χ3v) is 4.19. The highest BCUT2D eigenvalue weighted by Gasteiger charge is 2.18. The van der Waals surface area contributed by atoms with Gasteiger partial charge in [-0.25, -0.2) is 9.67 Å². The van der Waals surface area contributed by atoms with Gasteiger partial charge in [0.05, 0.1) is 22.5 Å². The maximum Gasteiger partial charge on any atom is 0.254 e. The summed E-state index contributed by atoms with van der Waals surface area (Å²) in [5.74, 6) is 1.49. The molecule has 0 aliphatic rings. The highest BCUT2D eigenvalue weighted by molar-refractivity contribution is 6.06. The first kappa shape index (κ1) is 13.9. The van der Waals surface area contributed by atoms with Crippen LogP contribution in [0.3, 0.4) is 0 Å². The number of hydrogen-bond donors (Lipinski definition) is 0. The number of anilines is 1. The summed E-state index contributed by atoms with van der Waals surface area (Å²) >= 11 is 0. The first-order valence-corrected chi connectivity index (χ1v) is 7.87. The van der Waals surface area contributed by atoms with E-state index < -0.39 is 0 Å². The predicted octanol–water partition coefficient (Wildman–Crippen LogP) is 1.89. The lowest BCUT2D eigenvalue weighted by Gasteiger charge is -2.21. The molecule has 0 amide bonds. The third-order valence-electron chi connectivity index (χ3n) is 4.19. The quantitative estimate of drug-likeness (QED) is 0.573. The molecule has 4 heterocycles. The van der Waals surface area contributed by atoms with E-state index in [9.17, 15) is 0 Å². The molecule has 0 saturated carbocycles. The summed E-state index contributed by atoms with van der Waals surface area (Å²) in [7, 11) is 0. The zero-order chi connectivity index (χ0) is 16.0. The van der Waals surface area contributed by atoms with Crippen molar-refractivity contribution < 1.29 is 0 Å². The Kier molecular flexibility index (Phi) is 3.10. The number of pyridine rings is 1. The van der Waals surface area contributed by atoms with Crippen LogP contribution < -0.4 is 4.90 Å². The molecular weight excluding hydrogens is 292 g/mol. The van der Waals surface area contributed by atoms with Crippen LogP contribution in [0.1, 0.15) is 20.8 Å². The molecular formula is C15H18N8. The van der Waals surface area contributed by atoms with Crippen molar-refractivity contribution in [1.29, 1.82) is 0 Å². The maximum absolute atomic E-state index is 4.69. The average Bonchev–Trinajstić information content (AvgIpc) is 3.21. The van der Waals surface area contributed by atoms with Gasteiger partial charge in [-0.3, -0.25) is 0 Å². The molecule has 0 saturated heterocycles. The van der Waals surface area contributed by atoms with Gasteiger partial charge in [0.25, 0.3) is 5.78 Å². The number of aryl methyl sites for hydroxylation is 1. The molecule has 0 aliphatic carbocycles. The summed E-state index contributed by atoms with van der Waals surface area (Å²) in [6.07, 6.45) is 5.25. The fourth-order valence-electron chi connectivity index (χ4n) is 3.03. The zero-order valence-corrected chi connectivity index (χ0v) is 13.4. The number of nitrogens with zero attached hydrogens (tertiary/aromatic N) is 8. The van der Waals surface area contributed by atoms with Crippen LogP contribution in [-0.2, 0) is 6.54 Å². The van der Waals surface area contributed by atoms with Gasteiger partial charge < -0.3 is 4.90 Å². The number of aromatic nitrogens is 7. The van der Waals surface area contributed by atoms with E-state index in [1.807, 2.05) is 17.1 Å². The van der Waals surface area contributed by atoms with Crippen LogP contribution in [0.2, 0.25) is 0 Å². The molecule has 0 fully saturated rings. The van der Waals surface area contributed by atoms with Crippen LogP contribution >= 0.6 is 0 Å². The van der Waals surface area contributed by atoms with E-state index in [1.165, 1.54) is 6.33 Å². The maximum atomic E-state index is 4.69. The Morgan fingerprint density at radius 1 is 1.00 bits per heavy atom. The van der Waals surface area contributed by atoms with Crippen LogP contribution in [0.15, 0.2) is 18.7 Å². The van der Waals surface area contributed by atoms with Crippen LogP contribution in [0, 0.1) is 0 Å². The Hall–Kier alpha value is -2.77. The molecule has 0 bridgehead atoms. The minimum atomic E-state index is 0.594. The van der Waals surface area contributed by atoms with Gasteiger partial charge in [-0.1, -0.05) is 0 Å². The van der Waals surface area contributed by atoms with E-state index in [0.29, 0.717) is 5.78 Å². The lowest BCUT2D eigenvalue weighted by molar-refractivity contribution is 0.677. The monoisotopic (exact) mass is 310 g/mol. The summed E-state index contributed by atoms with van der Waals surface area (Å²) in [4.78, 5) is 15.8. The second-order valence-corrected chi connectivity index (χ2v) is 5.30. The minimum Gasteiger partial charge on any atom is -0.356 e. The van der Waals surface area contributed by atoms with Crippen LogP contribution in [0.4, 0.5) is 5.82 Å². The second-order valence-electron chi connectivity index (χ2n) is 5.30. The highest BCUT2D eigenvalue weighted by atomic mass is 15.3. The van der Waals surface area contributed by atoms with E-state index in [0.717, 1.165) is 47.4 Å². The number of hydrogen-bond acceptors (Lipinski definition) is 6. The van der Waals surface area contributed by atoms with Gasteiger partial charge in [0.15, 0.2) is 5.65 Å². The lowest BCUT2D eigenvalue weighted by atomic mass is 10.2. The van der Waals surface area contributed by atoms with Crippen LogP contribution in [0.5, 0.6) is 0 Å². The van der Waals surface area contributed by atoms with Gasteiger partial charge >= 0.3 is 0 Å². The van der Waals surface area contributed by atoms with Crippen molar-refractivity contribution in [2.75, 3.05) is 18.0 Å². The van der Waals surface area contributed by atoms with Gasteiger partial charge in [0, 0.05) is 25.8 Å². The summed E-state index contributed by atoms with van der Waals surface area (Å²) in [5.41, 5.74) is 1.81. The summed E-state index contributed by atoms with van der Waals surface area (Å²) < 4.78 is 3.66. The minimum absolute atomic E-state index is 0.594. The highest BCUT2D eigenvalue weighted by Crippen LogP contribution is 2.29.